The highest BCUT2D eigenvalue weighted by atomic mass is 35.5. The van der Waals surface area contributed by atoms with E-state index in [1.807, 2.05) is 18.2 Å². The second kappa shape index (κ2) is 7.61. The van der Waals surface area contributed by atoms with E-state index in [9.17, 15) is 9.59 Å². The third kappa shape index (κ3) is 3.93. The van der Waals surface area contributed by atoms with E-state index in [0.29, 0.717) is 16.8 Å². The highest BCUT2D eigenvalue weighted by Crippen LogP contribution is 2.29. The van der Waals surface area contributed by atoms with E-state index in [4.69, 9.17) is 11.6 Å². The molecule has 3 amide bonds. The lowest BCUT2D eigenvalue weighted by Gasteiger charge is -2.23. The molecule has 1 aromatic carbocycles. The molecule has 27 heavy (non-hydrogen) atoms. The molecular formula is C21H22ClN3O2. The molecule has 0 bridgehead atoms. The number of amides is 3. The number of aromatic nitrogens is 1. The summed E-state index contributed by atoms with van der Waals surface area (Å²) >= 11 is 5.89. The zero-order valence-corrected chi connectivity index (χ0v) is 15.8. The molecule has 1 aliphatic carbocycles. The van der Waals surface area contributed by atoms with Crippen LogP contribution in [0.1, 0.15) is 49.3 Å². The van der Waals surface area contributed by atoms with Gasteiger partial charge in [-0.15, -0.1) is 0 Å². The van der Waals surface area contributed by atoms with Crippen LogP contribution in [0.4, 0.5) is 4.79 Å². The molecule has 1 saturated carbocycles. The van der Waals surface area contributed by atoms with E-state index < -0.39 is 6.03 Å². The number of halogens is 1. The fourth-order valence-corrected chi connectivity index (χ4v) is 3.90. The largest absolute Gasteiger partial charge is 0.351 e. The lowest BCUT2D eigenvalue weighted by molar-refractivity contribution is -0.123. The van der Waals surface area contributed by atoms with Gasteiger partial charge >= 0.3 is 6.03 Å². The molecule has 0 spiro atoms. The summed E-state index contributed by atoms with van der Waals surface area (Å²) in [7, 11) is 0. The molecule has 2 fully saturated rings. The minimum Gasteiger partial charge on any atom is -0.351 e. The van der Waals surface area contributed by atoms with Crippen LogP contribution in [0, 0.1) is 0 Å². The summed E-state index contributed by atoms with van der Waals surface area (Å²) in [5.74, 6) is -0.305. The number of benzene rings is 1. The van der Waals surface area contributed by atoms with Crippen LogP contribution >= 0.6 is 11.6 Å². The molecule has 140 valence electrons. The Bertz CT molecular complexity index is 879. The maximum absolute atomic E-state index is 12.6. The monoisotopic (exact) mass is 383 g/mol. The zero-order valence-electron chi connectivity index (χ0n) is 15.0. The minimum atomic E-state index is -0.395. The van der Waals surface area contributed by atoms with Crippen molar-refractivity contribution in [3.8, 4) is 0 Å². The van der Waals surface area contributed by atoms with Crippen LogP contribution in [0.3, 0.4) is 0 Å². The first-order valence-electron chi connectivity index (χ1n) is 9.36. The van der Waals surface area contributed by atoms with E-state index in [1.54, 1.807) is 18.2 Å². The number of imide groups is 1. The Labute approximate surface area is 163 Å². The molecule has 6 heteroatoms. The van der Waals surface area contributed by atoms with Crippen molar-refractivity contribution in [1.82, 2.24) is 14.8 Å². The third-order valence-corrected chi connectivity index (χ3v) is 5.51. The van der Waals surface area contributed by atoms with Gasteiger partial charge in [0.15, 0.2) is 0 Å². The van der Waals surface area contributed by atoms with Crippen molar-refractivity contribution in [2.24, 2.45) is 0 Å². The van der Waals surface area contributed by atoms with Crippen LogP contribution in [-0.2, 0) is 11.3 Å². The van der Waals surface area contributed by atoms with Crippen LogP contribution in [0.15, 0.2) is 48.4 Å². The van der Waals surface area contributed by atoms with Gasteiger partial charge in [-0.25, -0.2) is 4.79 Å². The fourth-order valence-electron chi connectivity index (χ4n) is 3.78. The lowest BCUT2D eigenvalue weighted by Crippen LogP contribution is -2.30. The Hall–Kier alpha value is -2.53. The molecule has 0 unspecified atom stereocenters. The fraction of sp³-hybridized carbons (Fsp3) is 0.333. The second-order valence-corrected chi connectivity index (χ2v) is 7.63. The van der Waals surface area contributed by atoms with Gasteiger partial charge in [0.05, 0.1) is 6.54 Å². The topological polar surface area (TPSA) is 54.3 Å². The highest BCUT2D eigenvalue weighted by molar-refractivity contribution is 6.30. The summed E-state index contributed by atoms with van der Waals surface area (Å²) in [6.45, 7) is 0.224. The molecule has 0 atom stereocenters. The van der Waals surface area contributed by atoms with Crippen LogP contribution < -0.4 is 5.32 Å². The molecule has 1 saturated heterocycles. The Kier molecular flexibility index (Phi) is 5.03. The van der Waals surface area contributed by atoms with E-state index in [1.165, 1.54) is 37.0 Å². The van der Waals surface area contributed by atoms with Gasteiger partial charge in [-0.1, -0.05) is 43.0 Å². The van der Waals surface area contributed by atoms with Crippen molar-refractivity contribution in [3.63, 3.8) is 0 Å². The van der Waals surface area contributed by atoms with Crippen molar-refractivity contribution < 1.29 is 9.59 Å². The van der Waals surface area contributed by atoms with Gasteiger partial charge in [0.1, 0.15) is 5.70 Å². The van der Waals surface area contributed by atoms with Crippen LogP contribution in [-0.4, -0.2) is 21.4 Å². The number of rotatable bonds is 4. The Balaban J connectivity index is 1.47. The van der Waals surface area contributed by atoms with Crippen LogP contribution in [0.2, 0.25) is 5.02 Å². The lowest BCUT2D eigenvalue weighted by atomic mass is 9.95. The number of hydrogen-bond acceptors (Lipinski definition) is 2. The van der Waals surface area contributed by atoms with E-state index in [0.717, 1.165) is 11.1 Å². The number of nitrogens with zero attached hydrogens (tertiary/aromatic N) is 2. The summed E-state index contributed by atoms with van der Waals surface area (Å²) in [6, 6.07) is 9.27. The number of carbonyl (C=O) groups excluding carboxylic acids is 2. The van der Waals surface area contributed by atoms with Crippen LogP contribution in [0.25, 0.3) is 6.08 Å². The molecule has 2 aromatic rings. The highest BCUT2D eigenvalue weighted by Gasteiger charge is 2.33. The molecule has 1 aliphatic heterocycles. The van der Waals surface area contributed by atoms with Gasteiger partial charge in [0, 0.05) is 23.5 Å². The first-order chi connectivity index (χ1) is 13.1. The molecular weight excluding hydrogens is 362 g/mol. The summed E-state index contributed by atoms with van der Waals surface area (Å²) < 4.78 is 2.23. The van der Waals surface area contributed by atoms with Crippen molar-refractivity contribution in [2.75, 3.05) is 0 Å². The molecule has 2 heterocycles. The first-order valence-corrected chi connectivity index (χ1v) is 9.74. The molecule has 4 rings (SSSR count). The van der Waals surface area contributed by atoms with E-state index in [-0.39, 0.29) is 12.5 Å². The predicted octanol–water partition coefficient (Wildman–Crippen LogP) is 4.74. The first kappa shape index (κ1) is 17.9. The van der Waals surface area contributed by atoms with Gasteiger partial charge in [0.2, 0.25) is 0 Å². The zero-order chi connectivity index (χ0) is 18.8. The van der Waals surface area contributed by atoms with Gasteiger partial charge in [-0.2, -0.15) is 0 Å². The average molecular weight is 384 g/mol. The van der Waals surface area contributed by atoms with E-state index >= 15 is 0 Å². The average Bonchev–Trinajstić information content (AvgIpc) is 3.25. The van der Waals surface area contributed by atoms with Crippen molar-refractivity contribution in [1.29, 1.82) is 0 Å². The van der Waals surface area contributed by atoms with Gasteiger partial charge in [-0.05, 0) is 48.2 Å². The van der Waals surface area contributed by atoms with Crippen molar-refractivity contribution in [3.05, 3.63) is 64.6 Å². The maximum Gasteiger partial charge on any atom is 0.329 e. The SMILES string of the molecule is O=C1N/C(=C/c2ccn(C3CCCCC3)c2)C(=O)N1Cc1ccc(Cl)cc1. The Morgan fingerprint density at radius 1 is 1.07 bits per heavy atom. The summed E-state index contributed by atoms with van der Waals surface area (Å²) in [5.41, 5.74) is 2.10. The third-order valence-electron chi connectivity index (χ3n) is 5.26. The van der Waals surface area contributed by atoms with Gasteiger partial charge < -0.3 is 9.88 Å². The van der Waals surface area contributed by atoms with E-state index in [2.05, 4.69) is 22.3 Å². The summed E-state index contributed by atoms with van der Waals surface area (Å²) in [6.07, 6.45) is 12.1. The van der Waals surface area contributed by atoms with Crippen LogP contribution in [0.5, 0.6) is 0 Å². The Morgan fingerprint density at radius 2 is 1.81 bits per heavy atom. The second-order valence-electron chi connectivity index (χ2n) is 7.19. The number of nitrogens with one attached hydrogen (secondary N) is 1. The quantitative estimate of drug-likeness (QED) is 0.612. The molecule has 1 N–H and O–H groups in total. The number of hydrogen-bond donors (Lipinski definition) is 1. The molecule has 1 aromatic heterocycles. The summed E-state index contributed by atoms with van der Waals surface area (Å²) in [4.78, 5) is 26.1. The predicted molar refractivity (Wildman–Crippen MR) is 105 cm³/mol. The maximum atomic E-state index is 12.6. The molecule has 0 radical (unpaired) electrons. The number of urea groups is 1. The Morgan fingerprint density at radius 3 is 2.56 bits per heavy atom. The molecule has 2 aliphatic rings. The van der Waals surface area contributed by atoms with Crippen molar-refractivity contribution >= 4 is 29.6 Å². The minimum absolute atomic E-state index is 0.224. The summed E-state index contributed by atoms with van der Waals surface area (Å²) in [5, 5.41) is 3.31. The normalized spacial score (nSPS) is 19.7. The van der Waals surface area contributed by atoms with Gasteiger partial charge in [0.25, 0.3) is 5.91 Å². The van der Waals surface area contributed by atoms with Gasteiger partial charge in [-0.3, -0.25) is 9.69 Å². The smallest absolute Gasteiger partial charge is 0.329 e. The number of carbonyl (C=O) groups is 2. The molecule has 5 nitrogen and oxygen atoms in total. The van der Waals surface area contributed by atoms with Crippen molar-refractivity contribution in [2.45, 2.75) is 44.7 Å². The standard InChI is InChI=1S/C21H22ClN3O2/c22-17-8-6-15(7-9-17)14-25-20(26)19(23-21(25)27)12-16-10-11-24(13-16)18-4-2-1-3-5-18/h6-13,18H,1-5,14H2,(H,23,27)/b19-12+.